The van der Waals surface area contributed by atoms with Crippen LogP contribution < -0.4 is 5.73 Å². The fourth-order valence-corrected chi connectivity index (χ4v) is 8.60. The summed E-state index contributed by atoms with van der Waals surface area (Å²) in [5.74, 6) is 0. The maximum absolute atomic E-state index is 8.03. The lowest BCUT2D eigenvalue weighted by Crippen LogP contribution is -2.28. The molecule has 1 aliphatic rings. The highest BCUT2D eigenvalue weighted by Gasteiger charge is 2.47. The average molecular weight is 694 g/mol. The van der Waals surface area contributed by atoms with Crippen molar-refractivity contribution in [2.75, 3.05) is 5.73 Å². The van der Waals surface area contributed by atoms with Crippen molar-refractivity contribution in [2.45, 2.75) is 12.3 Å². The molecule has 1 aromatic heterocycles. The van der Waals surface area contributed by atoms with E-state index in [0.29, 0.717) is 11.4 Å². The number of aryl methyl sites for hydroxylation is 1. The van der Waals surface area contributed by atoms with Gasteiger partial charge in [0, 0.05) is 38.8 Å². The van der Waals surface area contributed by atoms with Gasteiger partial charge in [0.1, 0.15) is 0 Å². The van der Waals surface area contributed by atoms with E-state index < -0.39 is 5.41 Å². The molecular weight excluding hydrogens is 655 g/mol. The number of rotatable bonds is 5. The second-order valence-corrected chi connectivity index (χ2v) is 13.9. The van der Waals surface area contributed by atoms with Crippen LogP contribution in [0.15, 0.2) is 200 Å². The van der Waals surface area contributed by atoms with Crippen molar-refractivity contribution in [3.05, 3.63) is 239 Å². The Kier molecular flexibility index (Phi) is 8.25. The molecule has 0 aliphatic heterocycles. The lowest BCUT2D eigenvalue weighted by Gasteiger charge is -2.34. The summed E-state index contributed by atoms with van der Waals surface area (Å²) in [6.45, 7) is 2.29. The minimum Gasteiger partial charge on any atom is -0.398 e. The molecule has 258 valence electrons. The van der Waals surface area contributed by atoms with Crippen molar-refractivity contribution in [1.82, 2.24) is 4.57 Å². The van der Waals surface area contributed by atoms with Crippen LogP contribution in [0.5, 0.6) is 0 Å². The van der Waals surface area contributed by atoms with Gasteiger partial charge in [-0.15, -0.1) is 0 Å². The molecule has 0 amide bonds. The number of hydrogen-bond acceptors (Lipinski definition) is 2. The molecule has 0 unspecified atom stereocenters. The summed E-state index contributed by atoms with van der Waals surface area (Å²) in [6.07, 6.45) is 0. The first-order valence-electron chi connectivity index (χ1n) is 18.4. The molecule has 0 spiro atoms. The van der Waals surface area contributed by atoms with Gasteiger partial charge in [-0.2, -0.15) is 0 Å². The van der Waals surface area contributed by atoms with Crippen LogP contribution in [0.4, 0.5) is 5.69 Å². The van der Waals surface area contributed by atoms with Gasteiger partial charge in [0.05, 0.1) is 22.2 Å². The van der Waals surface area contributed by atoms with Gasteiger partial charge in [-0.05, 0) is 64.6 Å². The van der Waals surface area contributed by atoms with Gasteiger partial charge < -0.3 is 10.3 Å². The zero-order chi connectivity index (χ0) is 36.6. The first kappa shape index (κ1) is 32.9. The molecule has 0 fully saturated rings. The Morgan fingerprint density at radius 1 is 0.556 bits per heavy atom. The third kappa shape index (κ3) is 5.16. The molecule has 54 heavy (non-hydrogen) atoms. The Balaban J connectivity index is 0.000000216. The summed E-state index contributed by atoms with van der Waals surface area (Å²) in [6, 6.07) is 70.4. The van der Waals surface area contributed by atoms with Gasteiger partial charge >= 0.3 is 0 Å². The van der Waals surface area contributed by atoms with E-state index in [1.165, 1.54) is 66.4 Å². The number of nitrogens with zero attached hydrogens (tertiary/aromatic N) is 1. The Labute approximate surface area is 316 Å². The van der Waals surface area contributed by atoms with Crippen molar-refractivity contribution in [2.24, 2.45) is 0 Å². The van der Waals surface area contributed by atoms with E-state index >= 15 is 0 Å². The van der Waals surface area contributed by atoms with Gasteiger partial charge in [0.2, 0.25) is 0 Å². The van der Waals surface area contributed by atoms with Gasteiger partial charge in [0.25, 0.3) is 0 Å². The molecule has 3 nitrogen and oxygen atoms in total. The van der Waals surface area contributed by atoms with E-state index in [1.54, 1.807) is 0 Å². The second kappa shape index (κ2) is 13.5. The fraction of sp³-hybridized carbons (Fsp3) is 0.0392. The minimum absolute atomic E-state index is 0.411. The molecular formula is C51H39N3. The van der Waals surface area contributed by atoms with Gasteiger partial charge in [-0.25, -0.2) is 0 Å². The fourth-order valence-electron chi connectivity index (χ4n) is 8.60. The summed E-state index contributed by atoms with van der Waals surface area (Å²) >= 11 is 0. The van der Waals surface area contributed by atoms with Crippen LogP contribution in [0.3, 0.4) is 0 Å². The highest BCUT2D eigenvalue weighted by molar-refractivity contribution is 6.17. The number of para-hydroxylation sites is 3. The van der Waals surface area contributed by atoms with Gasteiger partial charge in [0.15, 0.2) is 0 Å². The first-order chi connectivity index (χ1) is 26.6. The van der Waals surface area contributed by atoms with Crippen LogP contribution >= 0.6 is 0 Å². The molecule has 0 saturated carbocycles. The molecule has 9 aromatic rings. The van der Waals surface area contributed by atoms with E-state index in [0.717, 1.165) is 11.1 Å². The van der Waals surface area contributed by atoms with E-state index in [-0.39, 0.29) is 0 Å². The summed E-state index contributed by atoms with van der Waals surface area (Å²) in [5.41, 5.74) is 21.1. The SMILES string of the molecule is Cc1cc2c(c3c1c1ccccc1n3-c1ccccc1)-c1ccccc1C2(c1ccccc1)c1ccccc1.N=C(c1ccccc1)c1ccccc1N. The van der Waals surface area contributed by atoms with Crippen molar-refractivity contribution < 1.29 is 0 Å². The third-order valence-electron chi connectivity index (χ3n) is 10.9. The summed E-state index contributed by atoms with van der Waals surface area (Å²) in [5, 5.41) is 10.7. The Morgan fingerprint density at radius 3 is 1.76 bits per heavy atom. The number of nitrogen functional groups attached to an aromatic ring is 1. The topological polar surface area (TPSA) is 54.8 Å². The number of aromatic nitrogens is 1. The zero-order valence-corrected chi connectivity index (χ0v) is 30.1. The van der Waals surface area contributed by atoms with Crippen LogP contribution in [0, 0.1) is 12.3 Å². The lowest BCUT2D eigenvalue weighted by atomic mass is 9.67. The van der Waals surface area contributed by atoms with Crippen molar-refractivity contribution in [3.8, 4) is 16.8 Å². The van der Waals surface area contributed by atoms with Crippen LogP contribution in [-0.4, -0.2) is 10.3 Å². The monoisotopic (exact) mass is 693 g/mol. The molecule has 0 atom stereocenters. The van der Waals surface area contributed by atoms with E-state index in [1.807, 2.05) is 54.6 Å². The summed E-state index contributed by atoms with van der Waals surface area (Å²) < 4.78 is 2.49. The highest BCUT2D eigenvalue weighted by Crippen LogP contribution is 2.59. The third-order valence-corrected chi connectivity index (χ3v) is 10.9. The van der Waals surface area contributed by atoms with E-state index in [9.17, 15) is 0 Å². The van der Waals surface area contributed by atoms with Crippen LogP contribution in [-0.2, 0) is 5.41 Å². The zero-order valence-electron chi connectivity index (χ0n) is 30.1. The lowest BCUT2D eigenvalue weighted by molar-refractivity contribution is 0.768. The number of hydrogen-bond donors (Lipinski definition) is 2. The quantitative estimate of drug-likeness (QED) is 0.137. The summed E-state index contributed by atoms with van der Waals surface area (Å²) in [7, 11) is 0. The van der Waals surface area contributed by atoms with Crippen LogP contribution in [0.25, 0.3) is 38.6 Å². The Morgan fingerprint density at radius 2 is 1.09 bits per heavy atom. The second-order valence-electron chi connectivity index (χ2n) is 13.9. The molecule has 0 saturated heterocycles. The molecule has 8 aromatic carbocycles. The number of nitrogens with one attached hydrogen (secondary N) is 1. The smallest absolute Gasteiger partial charge is 0.0714 e. The minimum atomic E-state index is -0.411. The molecule has 1 aliphatic carbocycles. The molecule has 0 bridgehead atoms. The van der Waals surface area contributed by atoms with Crippen LogP contribution in [0.2, 0.25) is 0 Å². The molecule has 0 radical (unpaired) electrons. The maximum Gasteiger partial charge on any atom is 0.0714 e. The maximum atomic E-state index is 8.03. The number of fused-ring (bicyclic) bond motifs is 7. The number of anilines is 1. The molecule has 3 N–H and O–H groups in total. The number of benzene rings is 8. The van der Waals surface area contributed by atoms with Gasteiger partial charge in [-0.3, -0.25) is 5.41 Å². The Bertz CT molecular complexity index is 2740. The Hall–Kier alpha value is -6.97. The molecule has 1 heterocycles. The van der Waals surface area contributed by atoms with Crippen LogP contribution in [0.1, 0.15) is 38.9 Å². The molecule has 3 heteroatoms. The van der Waals surface area contributed by atoms with Crippen molar-refractivity contribution >= 4 is 33.2 Å². The predicted octanol–water partition coefficient (Wildman–Crippen LogP) is 12.1. The molecule has 10 rings (SSSR count). The van der Waals surface area contributed by atoms with Crippen molar-refractivity contribution in [3.63, 3.8) is 0 Å². The van der Waals surface area contributed by atoms with Gasteiger partial charge in [-0.1, -0.05) is 176 Å². The number of nitrogens with two attached hydrogens (primary N) is 1. The predicted molar refractivity (Wildman–Crippen MR) is 226 cm³/mol. The summed E-state index contributed by atoms with van der Waals surface area (Å²) in [4.78, 5) is 0. The van der Waals surface area contributed by atoms with E-state index in [2.05, 4.69) is 157 Å². The highest BCUT2D eigenvalue weighted by atomic mass is 15.0. The first-order valence-corrected chi connectivity index (χ1v) is 18.4. The average Bonchev–Trinajstić information content (AvgIpc) is 3.74. The normalized spacial score (nSPS) is 12.5. The van der Waals surface area contributed by atoms with E-state index in [4.69, 9.17) is 11.1 Å². The standard InChI is InChI=1S/C38H27N.C13H12N2/c1-26-25-33-36(37-35(26)31-22-12-14-24-34(31)39(37)29-19-9-4-10-20-29)30-21-11-13-23-32(30)38(33,27-15-5-2-6-16-27)28-17-7-3-8-18-28;14-12-9-5-4-8-11(12)13(15)10-6-2-1-3-7-10/h2-25H,1H3;1-9,15H,14H2. The van der Waals surface area contributed by atoms with Crippen molar-refractivity contribution in [1.29, 1.82) is 5.41 Å². The largest absolute Gasteiger partial charge is 0.398 e.